The van der Waals surface area contributed by atoms with Crippen LogP contribution in [0.1, 0.15) is 6.99 Å². The molecule has 0 fully saturated rings. The molecule has 0 saturated heterocycles. The Balaban J connectivity index is 0.000000902. The number of aromatic nitrogens is 4. The van der Waals surface area contributed by atoms with Gasteiger partial charge in [-0.05, 0) is 24.6 Å². The minimum absolute atomic E-state index is 0. The van der Waals surface area contributed by atoms with Gasteiger partial charge in [-0.15, -0.1) is 0 Å². The second kappa shape index (κ2) is 4.64. The molecule has 0 unspecified atom stereocenters. The van der Waals surface area contributed by atoms with Gasteiger partial charge in [-0.3, -0.25) is 9.59 Å². The molecule has 0 atom stereocenters. The molecule has 0 saturated carbocycles. The van der Waals surface area contributed by atoms with E-state index < -0.39 is 5.56 Å². The number of fused-ring (bicyclic) bond motifs is 2. The molecule has 0 amide bonds. The van der Waals surface area contributed by atoms with Gasteiger partial charge in [-0.2, -0.15) is 15.4 Å². The molecule has 3 rings (SSSR count). The molecule has 2 heterocycles. The number of nitrogens with one attached hydrogen (secondary N) is 2. The minimum Gasteiger partial charge on any atom is -1.00 e. The van der Waals surface area contributed by atoms with Crippen LogP contribution in [-0.4, -0.2) is 20.4 Å². The van der Waals surface area contributed by atoms with Gasteiger partial charge in [0.15, 0.2) is 11.0 Å². The van der Waals surface area contributed by atoms with Crippen molar-refractivity contribution in [2.45, 2.75) is 6.92 Å². The van der Waals surface area contributed by atoms with Gasteiger partial charge in [-0.1, -0.05) is 6.07 Å². The first-order chi connectivity index (χ1) is 8.16. The van der Waals surface area contributed by atoms with E-state index in [0.717, 1.165) is 5.56 Å². The van der Waals surface area contributed by atoms with Gasteiger partial charge in [0.1, 0.15) is 0 Å². The largest absolute Gasteiger partial charge is 1.00 e. The van der Waals surface area contributed by atoms with Crippen molar-refractivity contribution in [3.63, 3.8) is 0 Å². The summed E-state index contributed by atoms with van der Waals surface area (Å²) in [6, 6.07) is 5.24. The molecule has 7 heteroatoms. The SMILES string of the molecule is Cc1ccc2c(=O)c3n[nH]nc3c(=O)[nH]c2c1.[H-].[Na+]. The van der Waals surface area contributed by atoms with Crippen LogP contribution in [0.3, 0.4) is 0 Å². The Morgan fingerprint density at radius 3 is 2.67 bits per heavy atom. The zero-order valence-electron chi connectivity index (χ0n) is 10.9. The van der Waals surface area contributed by atoms with E-state index in [1.807, 2.05) is 13.0 Å². The maximum absolute atomic E-state index is 12.1. The Kier molecular flexibility index (Phi) is 3.34. The summed E-state index contributed by atoms with van der Waals surface area (Å²) >= 11 is 0. The van der Waals surface area contributed by atoms with Crippen molar-refractivity contribution in [1.82, 2.24) is 20.4 Å². The van der Waals surface area contributed by atoms with Crippen molar-refractivity contribution in [2.75, 3.05) is 0 Å². The zero-order valence-corrected chi connectivity index (χ0v) is 11.9. The number of aryl methyl sites for hydroxylation is 1. The quantitative estimate of drug-likeness (QED) is 0.436. The zero-order chi connectivity index (χ0) is 12.0. The standard InChI is InChI=1S/C11H8N4O2.Na.H/c1-5-2-3-6-7(4-5)12-11(17)9-8(10(6)16)13-15-14-9;;/h2-4H,1H3,(H,12,17)(H,13,14,15);;/q;+1;-1. The van der Waals surface area contributed by atoms with Crippen molar-refractivity contribution in [3.8, 4) is 0 Å². The Labute approximate surface area is 124 Å². The van der Waals surface area contributed by atoms with Gasteiger partial charge in [-0.25, -0.2) is 0 Å². The van der Waals surface area contributed by atoms with Gasteiger partial charge in [0.25, 0.3) is 5.56 Å². The summed E-state index contributed by atoms with van der Waals surface area (Å²) in [6.45, 7) is 1.89. The number of nitrogens with zero attached hydrogens (tertiary/aromatic N) is 2. The van der Waals surface area contributed by atoms with Crippen molar-refractivity contribution in [1.29, 1.82) is 0 Å². The fourth-order valence-corrected chi connectivity index (χ4v) is 1.82. The smallest absolute Gasteiger partial charge is 1.00 e. The molecule has 2 aromatic heterocycles. The van der Waals surface area contributed by atoms with E-state index in [2.05, 4.69) is 20.4 Å². The summed E-state index contributed by atoms with van der Waals surface area (Å²) in [5.41, 5.74) is 0.827. The van der Waals surface area contributed by atoms with Crippen LogP contribution in [-0.2, 0) is 0 Å². The van der Waals surface area contributed by atoms with E-state index in [1.165, 1.54) is 0 Å². The van der Waals surface area contributed by atoms with Gasteiger partial charge in [0.05, 0.1) is 5.52 Å². The van der Waals surface area contributed by atoms with Gasteiger partial charge < -0.3 is 6.41 Å². The van der Waals surface area contributed by atoms with Crippen LogP contribution in [0.2, 0.25) is 0 Å². The third-order valence-electron chi connectivity index (χ3n) is 2.65. The number of aromatic amines is 2. The molecule has 6 nitrogen and oxygen atoms in total. The topological polar surface area (TPSA) is 91.5 Å². The van der Waals surface area contributed by atoms with Crippen LogP contribution in [0.25, 0.3) is 21.9 Å². The van der Waals surface area contributed by atoms with Crippen LogP contribution in [0, 0.1) is 6.92 Å². The number of H-pyrrole nitrogens is 2. The molecule has 18 heavy (non-hydrogen) atoms. The normalized spacial score (nSPS) is 10.5. The third-order valence-corrected chi connectivity index (χ3v) is 2.65. The van der Waals surface area contributed by atoms with E-state index in [4.69, 9.17) is 0 Å². The van der Waals surface area contributed by atoms with Crippen molar-refractivity contribution in [2.24, 2.45) is 0 Å². The molecular formula is C11H9N4NaO2. The average molecular weight is 252 g/mol. The average Bonchev–Trinajstić information content (AvgIpc) is 2.74. The van der Waals surface area contributed by atoms with E-state index in [-0.39, 0.29) is 47.4 Å². The molecule has 0 bridgehead atoms. The Hall–Kier alpha value is -1.50. The summed E-state index contributed by atoms with van der Waals surface area (Å²) in [5.74, 6) is 0. The van der Waals surface area contributed by atoms with E-state index in [1.54, 1.807) is 12.1 Å². The summed E-state index contributed by atoms with van der Waals surface area (Å²) in [4.78, 5) is 26.6. The molecule has 0 spiro atoms. The summed E-state index contributed by atoms with van der Waals surface area (Å²) in [5, 5.41) is 10.1. The molecule has 0 radical (unpaired) electrons. The molecule has 1 aromatic carbocycles. The second-order valence-electron chi connectivity index (χ2n) is 3.85. The molecular weight excluding hydrogens is 243 g/mol. The fourth-order valence-electron chi connectivity index (χ4n) is 1.82. The maximum Gasteiger partial charge on any atom is 1.00 e. The first-order valence-electron chi connectivity index (χ1n) is 5.04. The molecule has 3 aromatic rings. The van der Waals surface area contributed by atoms with Gasteiger partial charge in [0.2, 0.25) is 5.43 Å². The first kappa shape index (κ1) is 12.9. The van der Waals surface area contributed by atoms with E-state index in [9.17, 15) is 9.59 Å². The van der Waals surface area contributed by atoms with E-state index in [0.29, 0.717) is 10.9 Å². The fraction of sp³-hybridized carbons (Fsp3) is 0.0909. The van der Waals surface area contributed by atoms with Crippen LogP contribution < -0.4 is 40.5 Å². The first-order valence-corrected chi connectivity index (χ1v) is 5.04. The van der Waals surface area contributed by atoms with E-state index >= 15 is 0 Å². The summed E-state index contributed by atoms with van der Waals surface area (Å²) < 4.78 is 0. The second-order valence-corrected chi connectivity index (χ2v) is 3.85. The molecule has 86 valence electrons. The Morgan fingerprint density at radius 1 is 1.17 bits per heavy atom. The van der Waals surface area contributed by atoms with Crippen LogP contribution in [0.4, 0.5) is 0 Å². The molecule has 0 aliphatic rings. The number of hydrogen-bond donors (Lipinski definition) is 2. The predicted octanol–water partition coefficient (Wildman–Crippen LogP) is -2.42. The third kappa shape index (κ3) is 1.88. The molecule has 0 aliphatic carbocycles. The van der Waals surface area contributed by atoms with Crippen LogP contribution in [0.5, 0.6) is 0 Å². The van der Waals surface area contributed by atoms with Crippen molar-refractivity contribution >= 4 is 21.9 Å². The predicted molar refractivity (Wildman–Crippen MR) is 64.1 cm³/mol. The summed E-state index contributed by atoms with van der Waals surface area (Å²) in [6.07, 6.45) is 0. The molecule has 2 N–H and O–H groups in total. The monoisotopic (exact) mass is 252 g/mol. The van der Waals surface area contributed by atoms with Crippen molar-refractivity contribution < 1.29 is 31.0 Å². The number of benzene rings is 1. The number of hydrogen-bond acceptors (Lipinski definition) is 4. The van der Waals surface area contributed by atoms with Gasteiger partial charge in [0, 0.05) is 5.39 Å². The van der Waals surface area contributed by atoms with Gasteiger partial charge >= 0.3 is 29.6 Å². The Morgan fingerprint density at radius 2 is 1.89 bits per heavy atom. The maximum atomic E-state index is 12.1. The van der Waals surface area contributed by atoms with Crippen LogP contribution in [0.15, 0.2) is 27.8 Å². The Bertz CT molecular complexity index is 859. The summed E-state index contributed by atoms with van der Waals surface area (Å²) in [7, 11) is 0. The minimum atomic E-state index is -0.425. The molecule has 0 aliphatic heterocycles. The number of rotatable bonds is 0. The van der Waals surface area contributed by atoms with Crippen molar-refractivity contribution in [3.05, 3.63) is 44.3 Å². The van der Waals surface area contributed by atoms with Crippen LogP contribution >= 0.6 is 0 Å².